The van der Waals surface area contributed by atoms with Gasteiger partial charge in [-0.2, -0.15) is 5.10 Å². The lowest BCUT2D eigenvalue weighted by Crippen LogP contribution is -2.22. The largest absolute Gasteiger partial charge is 0.324 e. The van der Waals surface area contributed by atoms with E-state index in [1.54, 1.807) is 18.3 Å². The number of para-hydroxylation sites is 1. The van der Waals surface area contributed by atoms with Crippen molar-refractivity contribution in [2.45, 2.75) is 26.8 Å². The highest BCUT2D eigenvalue weighted by Crippen LogP contribution is 2.19. The Bertz CT molecular complexity index is 1330. The number of aryl methyl sites for hydroxylation is 1. The molecule has 0 aliphatic rings. The Balaban J connectivity index is 1.51. The number of halogens is 1. The molecule has 2 aromatic heterocycles. The van der Waals surface area contributed by atoms with Crippen LogP contribution in [0.4, 0.5) is 5.69 Å². The van der Waals surface area contributed by atoms with Crippen molar-refractivity contribution in [3.05, 3.63) is 111 Å². The van der Waals surface area contributed by atoms with Crippen LogP contribution in [0.1, 0.15) is 22.5 Å². The third-order valence-electron chi connectivity index (χ3n) is 5.35. The summed E-state index contributed by atoms with van der Waals surface area (Å²) in [5.41, 5.74) is 4.78. The van der Waals surface area contributed by atoms with Gasteiger partial charge in [0, 0.05) is 28.5 Å². The fraction of sp³-hybridized carbons (Fsp3) is 0.160. The number of hydrogen-bond acceptors (Lipinski definition) is 3. The van der Waals surface area contributed by atoms with Gasteiger partial charge < -0.3 is 9.88 Å². The summed E-state index contributed by atoms with van der Waals surface area (Å²) in [6.07, 6.45) is 1.82. The number of carbonyl (C=O) groups excluding carboxylic acids is 1. The van der Waals surface area contributed by atoms with Crippen molar-refractivity contribution in [2.24, 2.45) is 0 Å². The predicted molar refractivity (Wildman–Crippen MR) is 127 cm³/mol. The fourth-order valence-electron chi connectivity index (χ4n) is 3.66. The maximum Gasteiger partial charge on any atom is 0.250 e. The Morgan fingerprint density at radius 2 is 1.72 bits per heavy atom. The van der Waals surface area contributed by atoms with Gasteiger partial charge in [0.1, 0.15) is 0 Å². The molecule has 0 unspecified atom stereocenters. The molecular formula is C25H23ClN4O2. The fourth-order valence-corrected chi connectivity index (χ4v) is 3.85. The number of rotatable bonds is 6. The number of pyridine rings is 1. The molecule has 0 aliphatic carbocycles. The van der Waals surface area contributed by atoms with E-state index in [2.05, 4.69) is 10.4 Å². The van der Waals surface area contributed by atoms with Gasteiger partial charge in [-0.15, -0.1) is 0 Å². The third kappa shape index (κ3) is 4.65. The number of amides is 1. The molecule has 1 N–H and O–H groups in total. The summed E-state index contributed by atoms with van der Waals surface area (Å²) in [6.45, 7) is 4.18. The van der Waals surface area contributed by atoms with Crippen LogP contribution in [0.2, 0.25) is 5.02 Å². The second kappa shape index (κ2) is 9.24. The molecule has 0 fully saturated rings. The molecule has 0 saturated carbocycles. The lowest BCUT2D eigenvalue weighted by molar-refractivity contribution is -0.115. The number of carbonyl (C=O) groups is 1. The predicted octanol–water partition coefficient (Wildman–Crippen LogP) is 4.53. The standard InChI is InChI=1S/C25H23ClN4O2/c1-17-22(18(2)30(28-17)21-9-4-3-5-10-21)14-24(31)27-20-12-13-25(32)29(16-20)15-19-8-6-7-11-23(19)26/h3-13,16H,14-15H2,1-2H3,(H,27,31). The molecule has 0 aliphatic heterocycles. The molecule has 7 heteroatoms. The number of hydrogen-bond donors (Lipinski definition) is 1. The van der Waals surface area contributed by atoms with Gasteiger partial charge in [-0.1, -0.05) is 48.0 Å². The first-order chi connectivity index (χ1) is 15.4. The summed E-state index contributed by atoms with van der Waals surface area (Å²) < 4.78 is 3.38. The maximum absolute atomic E-state index is 12.8. The van der Waals surface area contributed by atoms with Crippen molar-refractivity contribution in [1.82, 2.24) is 14.3 Å². The molecule has 6 nitrogen and oxygen atoms in total. The molecule has 2 aromatic carbocycles. The van der Waals surface area contributed by atoms with Gasteiger partial charge in [0.15, 0.2) is 0 Å². The minimum absolute atomic E-state index is 0.168. The zero-order valence-corrected chi connectivity index (χ0v) is 18.6. The van der Waals surface area contributed by atoms with Crippen molar-refractivity contribution < 1.29 is 4.79 Å². The van der Waals surface area contributed by atoms with Gasteiger partial charge >= 0.3 is 0 Å². The Hall–Kier alpha value is -3.64. The Labute approximate surface area is 191 Å². The van der Waals surface area contributed by atoms with Crippen molar-refractivity contribution in [3.8, 4) is 5.69 Å². The van der Waals surface area contributed by atoms with E-state index in [1.165, 1.54) is 10.6 Å². The maximum atomic E-state index is 12.8. The number of anilines is 1. The highest BCUT2D eigenvalue weighted by molar-refractivity contribution is 6.31. The summed E-state index contributed by atoms with van der Waals surface area (Å²) in [4.78, 5) is 25.1. The van der Waals surface area contributed by atoms with E-state index in [4.69, 9.17) is 11.6 Å². The molecule has 0 bridgehead atoms. The minimum Gasteiger partial charge on any atom is -0.324 e. The molecular weight excluding hydrogens is 424 g/mol. The zero-order chi connectivity index (χ0) is 22.7. The van der Waals surface area contributed by atoms with Crippen LogP contribution in [-0.4, -0.2) is 20.3 Å². The lowest BCUT2D eigenvalue weighted by atomic mass is 10.1. The van der Waals surface area contributed by atoms with Crippen molar-refractivity contribution in [2.75, 3.05) is 5.32 Å². The first-order valence-electron chi connectivity index (χ1n) is 10.3. The molecule has 0 spiro atoms. The van der Waals surface area contributed by atoms with Crippen LogP contribution in [-0.2, 0) is 17.8 Å². The topological polar surface area (TPSA) is 68.9 Å². The smallest absolute Gasteiger partial charge is 0.250 e. The third-order valence-corrected chi connectivity index (χ3v) is 5.71. The van der Waals surface area contributed by atoms with E-state index in [1.807, 2.05) is 67.1 Å². The van der Waals surface area contributed by atoms with E-state index in [0.29, 0.717) is 17.3 Å². The molecule has 162 valence electrons. The van der Waals surface area contributed by atoms with Crippen LogP contribution in [0.25, 0.3) is 5.69 Å². The van der Waals surface area contributed by atoms with Crippen LogP contribution >= 0.6 is 11.6 Å². The molecule has 0 saturated heterocycles. The summed E-state index contributed by atoms with van der Waals surface area (Å²) in [5.74, 6) is -0.174. The van der Waals surface area contributed by atoms with Gasteiger partial charge in [-0.3, -0.25) is 9.59 Å². The van der Waals surface area contributed by atoms with E-state index < -0.39 is 0 Å². The highest BCUT2D eigenvalue weighted by Gasteiger charge is 2.16. The van der Waals surface area contributed by atoms with Crippen molar-refractivity contribution in [3.63, 3.8) is 0 Å². The second-order valence-electron chi connectivity index (χ2n) is 7.60. The monoisotopic (exact) mass is 446 g/mol. The average molecular weight is 447 g/mol. The number of nitrogens with zero attached hydrogens (tertiary/aromatic N) is 3. The number of benzene rings is 2. The Morgan fingerprint density at radius 1 is 1.00 bits per heavy atom. The Morgan fingerprint density at radius 3 is 2.47 bits per heavy atom. The van der Waals surface area contributed by atoms with E-state index in [-0.39, 0.29) is 17.9 Å². The highest BCUT2D eigenvalue weighted by atomic mass is 35.5. The summed E-state index contributed by atoms with van der Waals surface area (Å²) in [5, 5.41) is 8.09. The molecule has 32 heavy (non-hydrogen) atoms. The van der Waals surface area contributed by atoms with Gasteiger partial charge in [0.25, 0.3) is 5.56 Å². The molecule has 0 atom stereocenters. The summed E-state index contributed by atoms with van der Waals surface area (Å²) in [6, 6.07) is 20.2. The number of aromatic nitrogens is 3. The molecule has 0 radical (unpaired) electrons. The van der Waals surface area contributed by atoms with Crippen LogP contribution in [0, 0.1) is 13.8 Å². The molecule has 1 amide bonds. The molecule has 4 aromatic rings. The van der Waals surface area contributed by atoms with Crippen LogP contribution in [0.5, 0.6) is 0 Å². The minimum atomic E-state index is -0.174. The van der Waals surface area contributed by atoms with Crippen molar-refractivity contribution in [1.29, 1.82) is 0 Å². The van der Waals surface area contributed by atoms with Crippen LogP contribution < -0.4 is 10.9 Å². The van der Waals surface area contributed by atoms with E-state index >= 15 is 0 Å². The van der Waals surface area contributed by atoms with Gasteiger partial charge in [0.2, 0.25) is 5.91 Å². The van der Waals surface area contributed by atoms with Crippen LogP contribution in [0.3, 0.4) is 0 Å². The molecule has 4 rings (SSSR count). The first-order valence-corrected chi connectivity index (χ1v) is 10.6. The lowest BCUT2D eigenvalue weighted by Gasteiger charge is -2.11. The SMILES string of the molecule is Cc1nn(-c2ccccc2)c(C)c1CC(=O)Nc1ccc(=O)n(Cc2ccccc2Cl)c1. The normalized spacial score (nSPS) is 10.8. The first kappa shape index (κ1) is 21.6. The number of nitrogens with one attached hydrogen (secondary N) is 1. The van der Waals surface area contributed by atoms with E-state index in [9.17, 15) is 9.59 Å². The summed E-state index contributed by atoms with van der Waals surface area (Å²) in [7, 11) is 0. The second-order valence-corrected chi connectivity index (χ2v) is 8.00. The Kier molecular flexibility index (Phi) is 6.23. The van der Waals surface area contributed by atoms with E-state index in [0.717, 1.165) is 28.2 Å². The van der Waals surface area contributed by atoms with Gasteiger partial charge in [-0.05, 0) is 43.7 Å². The summed E-state index contributed by atoms with van der Waals surface area (Å²) >= 11 is 6.22. The van der Waals surface area contributed by atoms with Crippen LogP contribution in [0.15, 0.2) is 77.7 Å². The average Bonchev–Trinajstić information content (AvgIpc) is 3.06. The van der Waals surface area contributed by atoms with Gasteiger partial charge in [-0.25, -0.2) is 4.68 Å². The van der Waals surface area contributed by atoms with Gasteiger partial charge in [0.05, 0.1) is 30.0 Å². The quantitative estimate of drug-likeness (QED) is 0.473. The molecule has 2 heterocycles. The van der Waals surface area contributed by atoms with Crippen molar-refractivity contribution >= 4 is 23.2 Å². The zero-order valence-electron chi connectivity index (χ0n) is 17.9.